The van der Waals surface area contributed by atoms with Gasteiger partial charge in [0, 0.05) is 15.5 Å². The van der Waals surface area contributed by atoms with Crippen LogP contribution in [0.25, 0.3) is 0 Å². The molecular formula is C15H22INO. The van der Waals surface area contributed by atoms with Gasteiger partial charge in [0.25, 0.3) is 0 Å². The summed E-state index contributed by atoms with van der Waals surface area (Å²) in [5, 5.41) is 10.5. The Morgan fingerprint density at radius 1 is 1.22 bits per heavy atom. The van der Waals surface area contributed by atoms with E-state index >= 15 is 0 Å². The van der Waals surface area contributed by atoms with Crippen molar-refractivity contribution < 1.29 is 5.11 Å². The average molecular weight is 359 g/mol. The van der Waals surface area contributed by atoms with E-state index in [2.05, 4.69) is 65.6 Å². The average Bonchev–Trinajstić information content (AvgIpc) is 2.86. The summed E-state index contributed by atoms with van der Waals surface area (Å²) in [4.78, 5) is 2.42. The standard InChI is InChI=1S/C15H22INO/c1-15(2,17-9-3-4-10-17)14(18)11-12-5-7-13(16)8-6-12/h5-8,14,18H,3-4,9-11H2,1-2H3. The van der Waals surface area contributed by atoms with Gasteiger partial charge < -0.3 is 5.11 Å². The van der Waals surface area contributed by atoms with Crippen molar-refractivity contribution in [3.8, 4) is 0 Å². The number of nitrogens with zero attached hydrogens (tertiary/aromatic N) is 1. The Kier molecular flexibility index (Phi) is 4.67. The molecule has 1 fully saturated rings. The number of aliphatic hydroxyl groups is 1. The van der Waals surface area contributed by atoms with Gasteiger partial charge in [-0.05, 0) is 80.1 Å². The van der Waals surface area contributed by atoms with E-state index < -0.39 is 0 Å². The number of halogens is 1. The first kappa shape index (κ1) is 14.3. The van der Waals surface area contributed by atoms with Crippen LogP contribution >= 0.6 is 22.6 Å². The molecule has 2 nitrogen and oxygen atoms in total. The van der Waals surface area contributed by atoms with Gasteiger partial charge in [-0.2, -0.15) is 0 Å². The van der Waals surface area contributed by atoms with Gasteiger partial charge in [0.2, 0.25) is 0 Å². The predicted molar refractivity (Wildman–Crippen MR) is 83.8 cm³/mol. The maximum Gasteiger partial charge on any atom is 0.0758 e. The van der Waals surface area contributed by atoms with E-state index in [-0.39, 0.29) is 11.6 Å². The molecule has 0 saturated carbocycles. The summed E-state index contributed by atoms with van der Waals surface area (Å²) in [5.41, 5.74) is 1.09. The van der Waals surface area contributed by atoms with Crippen LogP contribution < -0.4 is 0 Å². The van der Waals surface area contributed by atoms with Crippen molar-refractivity contribution in [2.24, 2.45) is 0 Å². The summed E-state index contributed by atoms with van der Waals surface area (Å²) in [5.74, 6) is 0. The maximum atomic E-state index is 10.5. The Morgan fingerprint density at radius 3 is 2.33 bits per heavy atom. The lowest BCUT2D eigenvalue weighted by molar-refractivity contribution is 0.00337. The minimum absolute atomic E-state index is 0.125. The fraction of sp³-hybridized carbons (Fsp3) is 0.600. The maximum absolute atomic E-state index is 10.5. The molecule has 1 saturated heterocycles. The molecule has 1 unspecified atom stereocenters. The number of likely N-dealkylation sites (tertiary alicyclic amines) is 1. The Hall–Kier alpha value is -0.130. The molecule has 1 N–H and O–H groups in total. The molecule has 0 amide bonds. The normalized spacial score (nSPS) is 19.1. The zero-order chi connectivity index (χ0) is 13.2. The zero-order valence-electron chi connectivity index (χ0n) is 11.2. The fourth-order valence-electron chi connectivity index (χ4n) is 2.60. The van der Waals surface area contributed by atoms with Crippen molar-refractivity contribution in [1.82, 2.24) is 4.90 Å². The molecule has 0 bridgehead atoms. The molecule has 1 aromatic carbocycles. The minimum atomic E-state index is -0.310. The third kappa shape index (κ3) is 3.25. The topological polar surface area (TPSA) is 23.5 Å². The highest BCUT2D eigenvalue weighted by molar-refractivity contribution is 14.1. The van der Waals surface area contributed by atoms with Crippen LogP contribution in [0.4, 0.5) is 0 Å². The largest absolute Gasteiger partial charge is 0.391 e. The SMILES string of the molecule is CC(C)(C(O)Cc1ccc(I)cc1)N1CCCC1. The van der Waals surface area contributed by atoms with Crippen LogP contribution in [0.2, 0.25) is 0 Å². The van der Waals surface area contributed by atoms with Crippen LogP contribution in [0, 0.1) is 3.57 Å². The van der Waals surface area contributed by atoms with Gasteiger partial charge in [-0.1, -0.05) is 12.1 Å². The summed E-state index contributed by atoms with van der Waals surface area (Å²) in [6, 6.07) is 8.44. The molecule has 0 spiro atoms. The third-order valence-corrected chi connectivity index (χ3v) is 4.80. The molecule has 0 aliphatic carbocycles. The summed E-state index contributed by atoms with van der Waals surface area (Å²) in [6.07, 6.45) is 2.95. The summed E-state index contributed by atoms with van der Waals surface area (Å²) < 4.78 is 1.24. The van der Waals surface area contributed by atoms with Gasteiger partial charge >= 0.3 is 0 Å². The first-order valence-corrected chi connectivity index (χ1v) is 7.75. The number of hydrogen-bond acceptors (Lipinski definition) is 2. The van der Waals surface area contributed by atoms with Gasteiger partial charge in [0.05, 0.1) is 6.10 Å². The molecule has 0 aromatic heterocycles. The highest BCUT2D eigenvalue weighted by Crippen LogP contribution is 2.26. The molecule has 3 heteroatoms. The molecule has 2 rings (SSSR count). The quantitative estimate of drug-likeness (QED) is 0.836. The Labute approximate surface area is 124 Å². The second-order valence-corrected chi connectivity index (χ2v) is 6.94. The van der Waals surface area contributed by atoms with Gasteiger partial charge in [0.15, 0.2) is 0 Å². The van der Waals surface area contributed by atoms with Crippen molar-refractivity contribution in [3.05, 3.63) is 33.4 Å². The smallest absolute Gasteiger partial charge is 0.0758 e. The second kappa shape index (κ2) is 5.88. The van der Waals surface area contributed by atoms with Gasteiger partial charge in [-0.15, -0.1) is 0 Å². The van der Waals surface area contributed by atoms with Crippen LogP contribution in [0.15, 0.2) is 24.3 Å². The van der Waals surface area contributed by atoms with Crippen molar-refractivity contribution in [3.63, 3.8) is 0 Å². The Bertz CT molecular complexity index is 382. The minimum Gasteiger partial charge on any atom is -0.391 e. The predicted octanol–water partition coefficient (Wildman–Crippen LogP) is 3.07. The first-order valence-electron chi connectivity index (χ1n) is 6.68. The van der Waals surface area contributed by atoms with Crippen LogP contribution in [-0.2, 0) is 6.42 Å². The van der Waals surface area contributed by atoms with E-state index in [1.54, 1.807) is 0 Å². The first-order chi connectivity index (χ1) is 8.50. The van der Waals surface area contributed by atoms with Crippen LogP contribution in [0.1, 0.15) is 32.3 Å². The van der Waals surface area contributed by atoms with Gasteiger partial charge in [0.1, 0.15) is 0 Å². The monoisotopic (exact) mass is 359 g/mol. The number of rotatable bonds is 4. The van der Waals surface area contributed by atoms with Crippen molar-refractivity contribution in [2.75, 3.05) is 13.1 Å². The third-order valence-electron chi connectivity index (χ3n) is 4.08. The molecule has 18 heavy (non-hydrogen) atoms. The highest BCUT2D eigenvalue weighted by Gasteiger charge is 2.35. The molecule has 100 valence electrons. The number of benzene rings is 1. The zero-order valence-corrected chi connectivity index (χ0v) is 13.4. The lowest BCUT2D eigenvalue weighted by Crippen LogP contribution is -2.51. The van der Waals surface area contributed by atoms with Gasteiger partial charge in [-0.3, -0.25) is 4.90 Å². The van der Waals surface area contributed by atoms with Crippen molar-refractivity contribution in [2.45, 2.75) is 44.8 Å². The number of hydrogen-bond donors (Lipinski definition) is 1. The van der Waals surface area contributed by atoms with Crippen molar-refractivity contribution >= 4 is 22.6 Å². The lowest BCUT2D eigenvalue weighted by Gasteiger charge is -2.39. The highest BCUT2D eigenvalue weighted by atomic mass is 127. The van der Waals surface area contributed by atoms with E-state index in [0.29, 0.717) is 0 Å². The lowest BCUT2D eigenvalue weighted by atomic mass is 9.90. The van der Waals surface area contributed by atoms with Gasteiger partial charge in [-0.25, -0.2) is 0 Å². The summed E-state index contributed by atoms with van der Waals surface area (Å²) in [7, 11) is 0. The summed E-state index contributed by atoms with van der Waals surface area (Å²) in [6.45, 7) is 6.57. The van der Waals surface area contributed by atoms with E-state index in [4.69, 9.17) is 0 Å². The molecule has 1 atom stereocenters. The van der Waals surface area contributed by atoms with Crippen molar-refractivity contribution in [1.29, 1.82) is 0 Å². The van der Waals surface area contributed by atoms with E-state index in [1.807, 2.05) is 0 Å². The molecular weight excluding hydrogens is 337 g/mol. The number of aliphatic hydroxyl groups excluding tert-OH is 1. The summed E-state index contributed by atoms with van der Waals surface area (Å²) >= 11 is 2.31. The Balaban J connectivity index is 2.01. The molecule has 1 aliphatic heterocycles. The van der Waals surface area contributed by atoms with E-state index in [1.165, 1.54) is 22.0 Å². The molecule has 0 radical (unpaired) electrons. The molecule has 1 aliphatic rings. The second-order valence-electron chi connectivity index (χ2n) is 5.69. The molecule has 1 aromatic rings. The van der Waals surface area contributed by atoms with Crippen LogP contribution in [0.5, 0.6) is 0 Å². The van der Waals surface area contributed by atoms with Crippen LogP contribution in [-0.4, -0.2) is 34.7 Å². The van der Waals surface area contributed by atoms with E-state index in [0.717, 1.165) is 19.5 Å². The fourth-order valence-corrected chi connectivity index (χ4v) is 2.96. The van der Waals surface area contributed by atoms with E-state index in [9.17, 15) is 5.11 Å². The Morgan fingerprint density at radius 2 is 1.78 bits per heavy atom. The van der Waals surface area contributed by atoms with Crippen LogP contribution in [0.3, 0.4) is 0 Å². The molecule has 1 heterocycles.